The van der Waals surface area contributed by atoms with Crippen molar-refractivity contribution in [3.05, 3.63) is 243 Å². The molecule has 0 radical (unpaired) electrons. The first-order valence-corrected chi connectivity index (χ1v) is 22.3. The molecule has 2 heterocycles. The summed E-state index contributed by atoms with van der Waals surface area (Å²) < 4.78 is 5.10. The Morgan fingerprint density at radius 1 is 0.317 bits per heavy atom. The van der Waals surface area contributed by atoms with Crippen LogP contribution >= 0.6 is 11.3 Å². The zero-order valence-electron chi connectivity index (χ0n) is 34.4. The van der Waals surface area contributed by atoms with Crippen LogP contribution in [-0.4, -0.2) is 4.57 Å². The Bertz CT molecular complexity index is 3600. The fraction of sp³-hybridized carbons (Fsp3) is 0. The molecule has 0 bridgehead atoms. The van der Waals surface area contributed by atoms with Gasteiger partial charge in [-0.15, -0.1) is 11.3 Å². The van der Waals surface area contributed by atoms with Gasteiger partial charge in [-0.1, -0.05) is 176 Å². The first kappa shape index (κ1) is 36.8. The Morgan fingerprint density at radius 2 is 0.825 bits per heavy atom. The normalized spacial score (nSPS) is 11.5. The first-order chi connectivity index (χ1) is 31.2. The van der Waals surface area contributed by atoms with Gasteiger partial charge in [-0.05, 0) is 111 Å². The van der Waals surface area contributed by atoms with E-state index in [0.29, 0.717) is 0 Å². The number of aromatic nitrogens is 1. The minimum atomic E-state index is 1.10. The molecular weight excluding hydrogens is 781 g/mol. The van der Waals surface area contributed by atoms with Crippen LogP contribution in [-0.2, 0) is 0 Å². The summed E-state index contributed by atoms with van der Waals surface area (Å²) in [7, 11) is 0. The van der Waals surface area contributed by atoms with Gasteiger partial charge >= 0.3 is 0 Å². The monoisotopic (exact) mass is 820 g/mol. The molecule has 0 aliphatic rings. The van der Waals surface area contributed by atoms with Crippen LogP contribution in [0, 0.1) is 0 Å². The minimum absolute atomic E-state index is 1.10. The second-order valence-electron chi connectivity index (χ2n) is 16.1. The SMILES string of the molecule is c1ccc(-c2ccc(-c3ccc(N(c4ccccc4)c4cccc(-c5cccc(-c6cccc7c6c6ccccc6n7-c6cccc7c6sc6ccccc67)c5)c4)cc3)cc2)cc1. The lowest BCUT2D eigenvalue weighted by molar-refractivity contribution is 1.20. The number of fused-ring (bicyclic) bond motifs is 6. The summed E-state index contributed by atoms with van der Waals surface area (Å²) in [5.74, 6) is 0. The molecule has 63 heavy (non-hydrogen) atoms. The van der Waals surface area contributed by atoms with Crippen molar-refractivity contribution in [2.24, 2.45) is 0 Å². The number of nitrogens with zero attached hydrogens (tertiary/aromatic N) is 2. The third kappa shape index (κ3) is 6.50. The second kappa shape index (κ2) is 15.5. The van der Waals surface area contributed by atoms with E-state index in [1.54, 1.807) is 0 Å². The van der Waals surface area contributed by atoms with Crippen LogP contribution in [0.3, 0.4) is 0 Å². The highest BCUT2D eigenvalue weighted by atomic mass is 32.1. The molecule has 2 nitrogen and oxygen atoms in total. The number of hydrogen-bond acceptors (Lipinski definition) is 2. The third-order valence-electron chi connectivity index (χ3n) is 12.4. The summed E-state index contributed by atoms with van der Waals surface area (Å²) in [5.41, 5.74) is 16.5. The van der Waals surface area contributed by atoms with Crippen molar-refractivity contribution in [3.63, 3.8) is 0 Å². The maximum atomic E-state index is 2.48. The van der Waals surface area contributed by atoms with E-state index in [-0.39, 0.29) is 0 Å². The van der Waals surface area contributed by atoms with Gasteiger partial charge in [-0.25, -0.2) is 0 Å². The van der Waals surface area contributed by atoms with Crippen LogP contribution in [0.25, 0.3) is 92.2 Å². The molecule has 0 unspecified atom stereocenters. The Hall–Kier alpha value is -7.98. The quantitative estimate of drug-likeness (QED) is 0.148. The molecule has 12 rings (SSSR count). The molecule has 10 aromatic carbocycles. The van der Waals surface area contributed by atoms with Crippen LogP contribution in [0.5, 0.6) is 0 Å². The van der Waals surface area contributed by atoms with E-state index < -0.39 is 0 Å². The van der Waals surface area contributed by atoms with Crippen molar-refractivity contribution in [1.29, 1.82) is 0 Å². The molecule has 3 heteroatoms. The van der Waals surface area contributed by atoms with E-state index in [1.807, 2.05) is 11.3 Å². The number of hydrogen-bond donors (Lipinski definition) is 0. The molecule has 2 aromatic heterocycles. The lowest BCUT2D eigenvalue weighted by Crippen LogP contribution is -2.09. The molecule has 0 amide bonds. The predicted octanol–water partition coefficient (Wildman–Crippen LogP) is 17.3. The van der Waals surface area contributed by atoms with Gasteiger partial charge in [0.1, 0.15) is 0 Å². The molecule has 0 spiro atoms. The molecule has 0 aliphatic heterocycles. The Balaban J connectivity index is 0.923. The number of benzene rings is 10. The van der Waals surface area contributed by atoms with Crippen LogP contribution in [0.4, 0.5) is 17.1 Å². The van der Waals surface area contributed by atoms with Gasteiger partial charge < -0.3 is 9.47 Å². The van der Waals surface area contributed by atoms with Gasteiger partial charge in [0.2, 0.25) is 0 Å². The molecular formula is C60H40N2S. The molecule has 0 aliphatic carbocycles. The Morgan fingerprint density at radius 3 is 1.60 bits per heavy atom. The average molecular weight is 821 g/mol. The van der Waals surface area contributed by atoms with Gasteiger partial charge in [-0.2, -0.15) is 0 Å². The second-order valence-corrected chi connectivity index (χ2v) is 17.1. The topological polar surface area (TPSA) is 8.17 Å². The number of anilines is 3. The highest BCUT2D eigenvalue weighted by molar-refractivity contribution is 7.26. The van der Waals surface area contributed by atoms with E-state index in [0.717, 1.165) is 22.6 Å². The van der Waals surface area contributed by atoms with E-state index in [2.05, 4.69) is 252 Å². The highest BCUT2D eigenvalue weighted by Crippen LogP contribution is 2.44. The fourth-order valence-electron chi connectivity index (χ4n) is 9.43. The van der Waals surface area contributed by atoms with Crippen molar-refractivity contribution in [3.8, 4) is 50.2 Å². The summed E-state index contributed by atoms with van der Waals surface area (Å²) in [6.45, 7) is 0. The van der Waals surface area contributed by atoms with Crippen molar-refractivity contribution >= 4 is 70.4 Å². The van der Waals surface area contributed by atoms with Gasteiger partial charge in [-0.3, -0.25) is 0 Å². The van der Waals surface area contributed by atoms with Gasteiger partial charge in [0.05, 0.1) is 21.4 Å². The molecule has 296 valence electrons. The molecule has 0 saturated carbocycles. The third-order valence-corrected chi connectivity index (χ3v) is 13.6. The summed E-state index contributed by atoms with van der Waals surface area (Å²) in [4.78, 5) is 2.35. The van der Waals surface area contributed by atoms with Gasteiger partial charge in [0.15, 0.2) is 0 Å². The Labute approximate surface area is 370 Å². The molecule has 0 N–H and O–H groups in total. The molecule has 0 saturated heterocycles. The van der Waals surface area contributed by atoms with E-state index in [9.17, 15) is 0 Å². The van der Waals surface area contributed by atoms with Crippen LogP contribution < -0.4 is 4.90 Å². The van der Waals surface area contributed by atoms with Gasteiger partial charge in [0, 0.05) is 43.3 Å². The summed E-state index contributed by atoms with van der Waals surface area (Å²) >= 11 is 1.88. The van der Waals surface area contributed by atoms with Crippen LogP contribution in [0.1, 0.15) is 0 Å². The average Bonchev–Trinajstić information content (AvgIpc) is 3.91. The van der Waals surface area contributed by atoms with E-state index in [1.165, 1.54) is 86.6 Å². The Kier molecular flexibility index (Phi) is 9.06. The summed E-state index contributed by atoms with van der Waals surface area (Å²) in [5, 5.41) is 5.13. The van der Waals surface area contributed by atoms with Crippen molar-refractivity contribution in [1.82, 2.24) is 4.57 Å². The number of para-hydroxylation sites is 2. The summed E-state index contributed by atoms with van der Waals surface area (Å²) in [6.07, 6.45) is 0. The van der Waals surface area contributed by atoms with Crippen molar-refractivity contribution in [2.75, 3.05) is 4.90 Å². The maximum Gasteiger partial charge on any atom is 0.0640 e. The van der Waals surface area contributed by atoms with Crippen LogP contribution in [0.2, 0.25) is 0 Å². The smallest absolute Gasteiger partial charge is 0.0640 e. The highest BCUT2D eigenvalue weighted by Gasteiger charge is 2.20. The zero-order chi connectivity index (χ0) is 41.7. The van der Waals surface area contributed by atoms with Crippen LogP contribution in [0.15, 0.2) is 243 Å². The predicted molar refractivity (Wildman–Crippen MR) is 270 cm³/mol. The molecule has 0 atom stereocenters. The molecule has 0 fully saturated rings. The fourth-order valence-corrected chi connectivity index (χ4v) is 10.6. The van der Waals surface area contributed by atoms with E-state index >= 15 is 0 Å². The molecule has 12 aromatic rings. The van der Waals surface area contributed by atoms with Crippen molar-refractivity contribution < 1.29 is 0 Å². The van der Waals surface area contributed by atoms with Crippen molar-refractivity contribution in [2.45, 2.75) is 0 Å². The standard InChI is InChI=1S/C60H40N2S/c1-3-15-41(16-4-1)42-31-33-43(34-32-42)44-35-37-49(38-36-44)61(48-20-5-2-6-21-48)50-22-12-18-46(40-50)45-17-11-19-47(39-45)51-25-13-28-56-59(51)54-24-7-9-27-55(54)62(56)57-29-14-26-53-52-23-8-10-30-58(52)63-60(53)57/h1-40H. The lowest BCUT2D eigenvalue weighted by atomic mass is 9.95. The van der Waals surface area contributed by atoms with Gasteiger partial charge in [0.25, 0.3) is 0 Å². The maximum absolute atomic E-state index is 2.48. The lowest BCUT2D eigenvalue weighted by Gasteiger charge is -2.26. The number of thiophene rings is 1. The first-order valence-electron chi connectivity index (χ1n) is 21.5. The van der Waals surface area contributed by atoms with E-state index in [4.69, 9.17) is 0 Å². The summed E-state index contributed by atoms with van der Waals surface area (Å²) in [6, 6.07) is 88.2. The zero-order valence-corrected chi connectivity index (χ0v) is 35.2. The largest absolute Gasteiger partial charge is 0.310 e. The minimum Gasteiger partial charge on any atom is -0.310 e. The number of rotatable bonds is 8.